The van der Waals surface area contributed by atoms with Crippen LogP contribution in [0.5, 0.6) is 0 Å². The second kappa shape index (κ2) is 4.51. The summed E-state index contributed by atoms with van der Waals surface area (Å²) in [4.78, 5) is 0. The number of benzene rings is 1. The van der Waals surface area contributed by atoms with Crippen LogP contribution in [0.1, 0.15) is 12.5 Å². The van der Waals surface area contributed by atoms with E-state index in [1.54, 1.807) is 6.07 Å². The van der Waals surface area contributed by atoms with Crippen molar-refractivity contribution in [3.63, 3.8) is 0 Å². The van der Waals surface area contributed by atoms with Crippen LogP contribution in [0.25, 0.3) is 0 Å². The molecule has 0 saturated heterocycles. The lowest BCUT2D eigenvalue weighted by atomic mass is 10.1. The van der Waals surface area contributed by atoms with Gasteiger partial charge in [-0.2, -0.15) is 0 Å². The molecule has 0 unspecified atom stereocenters. The fourth-order valence-electron chi connectivity index (χ4n) is 1.29. The van der Waals surface area contributed by atoms with Gasteiger partial charge < -0.3 is 4.31 Å². The number of hydrogen-bond donors (Lipinski definition) is 0. The molecule has 72 valence electrons. The predicted molar refractivity (Wildman–Crippen MR) is 57.7 cm³/mol. The van der Waals surface area contributed by atoms with Crippen LogP contribution in [-0.2, 0) is 6.42 Å². The molecule has 1 rings (SSSR count). The van der Waals surface area contributed by atoms with E-state index in [-0.39, 0.29) is 5.82 Å². The summed E-state index contributed by atoms with van der Waals surface area (Å²) >= 11 is 1.51. The highest BCUT2D eigenvalue weighted by Crippen LogP contribution is 2.27. The highest BCUT2D eigenvalue weighted by molar-refractivity contribution is 7.99. The van der Waals surface area contributed by atoms with E-state index in [4.69, 9.17) is 0 Å². The van der Waals surface area contributed by atoms with Gasteiger partial charge in [-0.15, -0.1) is 0 Å². The molecular weight excluding hydrogens is 185 g/mol. The van der Waals surface area contributed by atoms with Gasteiger partial charge in [0.05, 0.1) is 5.69 Å². The number of hydrogen-bond acceptors (Lipinski definition) is 2. The SMILES string of the molecule is CCc1cccc(F)c1N(C)SC. The van der Waals surface area contributed by atoms with E-state index in [2.05, 4.69) is 0 Å². The molecule has 1 aromatic rings. The second-order valence-electron chi connectivity index (χ2n) is 2.78. The Balaban J connectivity index is 3.14. The Hall–Kier alpha value is -0.700. The zero-order valence-electron chi connectivity index (χ0n) is 8.17. The Morgan fingerprint density at radius 1 is 1.46 bits per heavy atom. The van der Waals surface area contributed by atoms with E-state index in [1.165, 1.54) is 18.0 Å². The summed E-state index contributed by atoms with van der Waals surface area (Å²) in [6.45, 7) is 2.03. The lowest BCUT2D eigenvalue weighted by Gasteiger charge is -2.19. The molecule has 0 aliphatic rings. The van der Waals surface area contributed by atoms with E-state index >= 15 is 0 Å². The molecule has 0 amide bonds. The molecule has 1 aromatic carbocycles. The molecule has 0 fully saturated rings. The summed E-state index contributed by atoms with van der Waals surface area (Å²) < 4.78 is 15.3. The van der Waals surface area contributed by atoms with Crippen molar-refractivity contribution in [1.29, 1.82) is 0 Å². The van der Waals surface area contributed by atoms with Crippen molar-refractivity contribution < 1.29 is 4.39 Å². The van der Waals surface area contributed by atoms with Crippen LogP contribution in [0.2, 0.25) is 0 Å². The van der Waals surface area contributed by atoms with Crippen LogP contribution in [-0.4, -0.2) is 13.3 Å². The van der Waals surface area contributed by atoms with E-state index < -0.39 is 0 Å². The smallest absolute Gasteiger partial charge is 0.147 e. The third kappa shape index (κ3) is 2.15. The highest BCUT2D eigenvalue weighted by Gasteiger charge is 2.10. The number of halogens is 1. The summed E-state index contributed by atoms with van der Waals surface area (Å²) in [6, 6.07) is 5.22. The number of nitrogens with zero attached hydrogens (tertiary/aromatic N) is 1. The predicted octanol–water partition coefficient (Wildman–Crippen LogP) is 3.10. The minimum Gasteiger partial charge on any atom is -0.317 e. The fourth-order valence-corrected chi connectivity index (χ4v) is 1.68. The van der Waals surface area contributed by atoms with Crippen molar-refractivity contribution in [2.75, 3.05) is 17.6 Å². The van der Waals surface area contributed by atoms with Crippen LogP contribution in [0.4, 0.5) is 10.1 Å². The standard InChI is InChI=1S/C10H14FNS/c1-4-8-6-5-7-9(11)10(8)12(2)13-3/h5-7H,4H2,1-3H3. The molecule has 0 saturated carbocycles. The number of rotatable bonds is 3. The van der Waals surface area contributed by atoms with Crippen LogP contribution < -0.4 is 4.31 Å². The molecule has 0 bridgehead atoms. The Morgan fingerprint density at radius 3 is 2.69 bits per heavy atom. The molecule has 0 spiro atoms. The van der Waals surface area contributed by atoms with Crippen molar-refractivity contribution in [1.82, 2.24) is 0 Å². The minimum atomic E-state index is -0.142. The molecule has 3 heteroatoms. The van der Waals surface area contributed by atoms with Crippen molar-refractivity contribution >= 4 is 17.6 Å². The van der Waals surface area contributed by atoms with Gasteiger partial charge >= 0.3 is 0 Å². The van der Waals surface area contributed by atoms with Gasteiger partial charge in [-0.1, -0.05) is 31.0 Å². The maximum atomic E-state index is 13.4. The topological polar surface area (TPSA) is 3.24 Å². The van der Waals surface area contributed by atoms with Gasteiger partial charge in [0.1, 0.15) is 5.82 Å². The third-order valence-electron chi connectivity index (χ3n) is 2.04. The monoisotopic (exact) mass is 199 g/mol. The van der Waals surface area contributed by atoms with Gasteiger partial charge in [0.2, 0.25) is 0 Å². The van der Waals surface area contributed by atoms with Gasteiger partial charge in [0.25, 0.3) is 0 Å². The molecule has 0 atom stereocenters. The van der Waals surface area contributed by atoms with Gasteiger partial charge in [-0.3, -0.25) is 0 Å². The van der Waals surface area contributed by atoms with Gasteiger partial charge in [-0.25, -0.2) is 4.39 Å². The minimum absolute atomic E-state index is 0.142. The van der Waals surface area contributed by atoms with Crippen molar-refractivity contribution in [2.24, 2.45) is 0 Å². The molecule has 0 aliphatic heterocycles. The Bertz CT molecular complexity index is 288. The summed E-state index contributed by atoms with van der Waals surface area (Å²) in [5, 5.41) is 0. The van der Waals surface area contributed by atoms with E-state index in [0.717, 1.165) is 12.0 Å². The fraction of sp³-hybridized carbons (Fsp3) is 0.400. The number of anilines is 1. The first-order valence-electron chi connectivity index (χ1n) is 4.26. The molecule has 0 N–H and O–H groups in total. The van der Waals surface area contributed by atoms with Crippen LogP contribution in [0.3, 0.4) is 0 Å². The van der Waals surface area contributed by atoms with E-state index in [9.17, 15) is 4.39 Å². The molecule has 0 radical (unpaired) electrons. The molecular formula is C10H14FNS. The largest absolute Gasteiger partial charge is 0.317 e. The Morgan fingerprint density at radius 2 is 2.15 bits per heavy atom. The summed E-state index contributed by atoms with van der Waals surface area (Å²) in [6.07, 6.45) is 2.80. The lowest BCUT2D eigenvalue weighted by Crippen LogP contribution is -2.09. The average Bonchev–Trinajstić information content (AvgIpc) is 2.16. The summed E-state index contributed by atoms with van der Waals surface area (Å²) in [7, 11) is 1.88. The molecule has 1 nitrogen and oxygen atoms in total. The molecule has 13 heavy (non-hydrogen) atoms. The van der Waals surface area contributed by atoms with Crippen molar-refractivity contribution in [3.8, 4) is 0 Å². The Kier molecular flexibility index (Phi) is 3.60. The van der Waals surface area contributed by atoms with E-state index in [1.807, 2.05) is 30.6 Å². The van der Waals surface area contributed by atoms with Crippen LogP contribution in [0, 0.1) is 5.82 Å². The average molecular weight is 199 g/mol. The first-order valence-corrected chi connectivity index (χ1v) is 5.44. The highest BCUT2D eigenvalue weighted by atomic mass is 32.2. The van der Waals surface area contributed by atoms with Crippen LogP contribution in [0.15, 0.2) is 18.2 Å². The van der Waals surface area contributed by atoms with Gasteiger partial charge in [0.15, 0.2) is 0 Å². The first-order chi connectivity index (χ1) is 6.20. The van der Waals surface area contributed by atoms with Crippen molar-refractivity contribution in [2.45, 2.75) is 13.3 Å². The summed E-state index contributed by atoms with van der Waals surface area (Å²) in [5.74, 6) is -0.142. The molecule has 0 aliphatic carbocycles. The maximum absolute atomic E-state index is 13.4. The normalized spacial score (nSPS) is 10.2. The van der Waals surface area contributed by atoms with Gasteiger partial charge in [0, 0.05) is 13.3 Å². The maximum Gasteiger partial charge on any atom is 0.147 e. The number of para-hydroxylation sites is 1. The van der Waals surface area contributed by atoms with Gasteiger partial charge in [-0.05, 0) is 18.1 Å². The summed E-state index contributed by atoms with van der Waals surface area (Å²) in [5.41, 5.74) is 1.76. The molecule has 0 heterocycles. The number of aryl methyl sites for hydroxylation is 1. The van der Waals surface area contributed by atoms with Crippen LogP contribution >= 0.6 is 11.9 Å². The second-order valence-corrected chi connectivity index (χ2v) is 3.69. The lowest BCUT2D eigenvalue weighted by molar-refractivity contribution is 0.627. The zero-order chi connectivity index (χ0) is 9.84. The quantitative estimate of drug-likeness (QED) is 0.688. The van der Waals surface area contributed by atoms with Crippen molar-refractivity contribution in [3.05, 3.63) is 29.6 Å². The first kappa shape index (κ1) is 10.4. The third-order valence-corrected chi connectivity index (χ3v) is 2.77. The van der Waals surface area contributed by atoms with E-state index in [0.29, 0.717) is 5.69 Å². The zero-order valence-corrected chi connectivity index (χ0v) is 8.99. The molecule has 0 aromatic heterocycles. The Labute approximate surface area is 83.1 Å².